The summed E-state index contributed by atoms with van der Waals surface area (Å²) in [6.45, 7) is 7.27. The minimum atomic E-state index is -1.67. The first-order valence-electron chi connectivity index (χ1n) is 6.85. The number of likely N-dealkylation sites (tertiary alicyclic amines) is 1. The van der Waals surface area contributed by atoms with Crippen LogP contribution < -0.4 is 5.32 Å². The van der Waals surface area contributed by atoms with Crippen LogP contribution in [0.4, 0.5) is 4.39 Å². The molecule has 0 aromatic heterocycles. The molecule has 1 fully saturated rings. The van der Waals surface area contributed by atoms with Gasteiger partial charge in [0.1, 0.15) is 24.0 Å². The molecule has 1 aliphatic heterocycles. The molecule has 1 unspecified atom stereocenters. The first kappa shape index (κ1) is 16.6. The van der Waals surface area contributed by atoms with E-state index in [1.807, 2.05) is 0 Å². The first-order chi connectivity index (χ1) is 9.21. The maximum Gasteiger partial charge on any atom is 0.246 e. The van der Waals surface area contributed by atoms with E-state index in [2.05, 4.69) is 5.32 Å². The number of rotatable bonds is 5. The van der Waals surface area contributed by atoms with Gasteiger partial charge in [-0.05, 0) is 11.8 Å². The summed E-state index contributed by atoms with van der Waals surface area (Å²) in [5, 5.41) is 2.48. The monoisotopic (exact) mass is 286 g/mol. The average Bonchev–Trinajstić information content (AvgIpc) is 2.71. The molecule has 0 aromatic rings. The van der Waals surface area contributed by atoms with Crippen LogP contribution in [-0.4, -0.2) is 47.8 Å². The van der Waals surface area contributed by atoms with Gasteiger partial charge in [0.05, 0.1) is 0 Å². The zero-order valence-electron chi connectivity index (χ0n) is 12.5. The summed E-state index contributed by atoms with van der Waals surface area (Å²) in [4.78, 5) is 35.7. The Hall–Kier alpha value is -1.46. The van der Waals surface area contributed by atoms with Crippen molar-refractivity contribution in [2.75, 3.05) is 6.54 Å². The van der Waals surface area contributed by atoms with Gasteiger partial charge in [-0.2, -0.15) is 0 Å². The maximum atomic E-state index is 14.5. The summed E-state index contributed by atoms with van der Waals surface area (Å²) < 4.78 is 14.5. The Morgan fingerprint density at radius 2 is 2.10 bits per heavy atom. The van der Waals surface area contributed by atoms with Gasteiger partial charge in [0.25, 0.3) is 0 Å². The highest BCUT2D eigenvalue weighted by molar-refractivity contribution is 5.87. The molecule has 0 aromatic carbocycles. The lowest BCUT2D eigenvalue weighted by atomic mass is 9.85. The summed E-state index contributed by atoms with van der Waals surface area (Å²) in [6.07, 6.45) is 1.29. The molecule has 6 heteroatoms. The smallest absolute Gasteiger partial charge is 0.246 e. The lowest BCUT2D eigenvalue weighted by molar-refractivity contribution is -0.142. The summed E-state index contributed by atoms with van der Waals surface area (Å²) >= 11 is 0. The van der Waals surface area contributed by atoms with Crippen LogP contribution in [0.25, 0.3) is 0 Å². The highest BCUT2D eigenvalue weighted by Gasteiger charge is 2.50. The fraction of sp³-hybridized carbons (Fsp3) is 0.786. The molecule has 2 amide bonds. The third-order valence-electron chi connectivity index (χ3n) is 3.98. The van der Waals surface area contributed by atoms with Gasteiger partial charge >= 0.3 is 0 Å². The third-order valence-corrected chi connectivity index (χ3v) is 3.98. The average molecular weight is 286 g/mol. The second kappa shape index (κ2) is 5.89. The number of carbonyl (C=O) groups excluding carboxylic acids is 3. The standard InChI is InChI=1S/C14H23FN2O3/c1-5-14(15)6-7-17(10(14)8-18)12(20)11(16-9-19)13(2,3)4/h8-11H,5-7H2,1-4H3,(H,16,19)/t10?,11-,14+/m1/s1. The van der Waals surface area contributed by atoms with E-state index < -0.39 is 29.1 Å². The molecule has 0 saturated carbocycles. The Morgan fingerprint density at radius 1 is 1.50 bits per heavy atom. The number of aldehydes is 1. The summed E-state index contributed by atoms with van der Waals surface area (Å²) in [5.74, 6) is -0.408. The van der Waals surface area contributed by atoms with Crippen LogP contribution in [0.5, 0.6) is 0 Å². The van der Waals surface area contributed by atoms with Crippen LogP contribution in [0, 0.1) is 5.41 Å². The van der Waals surface area contributed by atoms with E-state index in [4.69, 9.17) is 0 Å². The second-order valence-corrected chi connectivity index (χ2v) is 6.33. The van der Waals surface area contributed by atoms with Crippen molar-refractivity contribution in [3.63, 3.8) is 0 Å². The van der Waals surface area contributed by atoms with Gasteiger partial charge in [-0.3, -0.25) is 9.59 Å². The highest BCUT2D eigenvalue weighted by Crippen LogP contribution is 2.35. The Morgan fingerprint density at radius 3 is 2.50 bits per heavy atom. The van der Waals surface area contributed by atoms with E-state index in [9.17, 15) is 18.8 Å². The largest absolute Gasteiger partial charge is 0.346 e. The molecule has 5 nitrogen and oxygen atoms in total. The summed E-state index contributed by atoms with van der Waals surface area (Å²) in [6, 6.07) is -1.85. The fourth-order valence-electron chi connectivity index (χ4n) is 2.63. The van der Waals surface area contributed by atoms with Gasteiger partial charge in [0.15, 0.2) is 0 Å². The van der Waals surface area contributed by atoms with Crippen LogP contribution in [0.2, 0.25) is 0 Å². The van der Waals surface area contributed by atoms with E-state index >= 15 is 0 Å². The van der Waals surface area contributed by atoms with Crippen molar-refractivity contribution in [2.45, 2.75) is 58.3 Å². The van der Waals surface area contributed by atoms with Crippen molar-refractivity contribution in [3.8, 4) is 0 Å². The molecule has 1 N–H and O–H groups in total. The van der Waals surface area contributed by atoms with E-state index in [0.717, 1.165) is 0 Å². The molecule has 0 aliphatic carbocycles. The summed E-state index contributed by atoms with van der Waals surface area (Å²) in [7, 11) is 0. The normalized spacial score (nSPS) is 28.1. The van der Waals surface area contributed by atoms with E-state index in [0.29, 0.717) is 12.7 Å². The van der Waals surface area contributed by atoms with E-state index in [1.165, 1.54) is 4.90 Å². The molecule has 3 atom stereocenters. The van der Waals surface area contributed by atoms with Crippen LogP contribution >= 0.6 is 0 Å². The van der Waals surface area contributed by atoms with E-state index in [1.54, 1.807) is 27.7 Å². The number of nitrogens with one attached hydrogen (secondary N) is 1. The Labute approximate surface area is 118 Å². The van der Waals surface area contributed by atoms with Crippen LogP contribution in [0.3, 0.4) is 0 Å². The number of carbonyl (C=O) groups is 3. The minimum Gasteiger partial charge on any atom is -0.346 e. The topological polar surface area (TPSA) is 66.5 Å². The van der Waals surface area contributed by atoms with Crippen molar-refractivity contribution in [1.29, 1.82) is 0 Å². The molecule has 1 heterocycles. The van der Waals surface area contributed by atoms with Crippen molar-refractivity contribution in [3.05, 3.63) is 0 Å². The lowest BCUT2D eigenvalue weighted by Crippen LogP contribution is -2.56. The maximum absolute atomic E-state index is 14.5. The quantitative estimate of drug-likeness (QED) is 0.769. The second-order valence-electron chi connectivity index (χ2n) is 6.33. The van der Waals surface area contributed by atoms with Crippen molar-refractivity contribution >= 4 is 18.6 Å². The Bertz CT molecular complexity index is 394. The molecular formula is C14H23FN2O3. The summed E-state index contributed by atoms with van der Waals surface area (Å²) in [5.41, 5.74) is -2.18. The number of nitrogens with zero attached hydrogens (tertiary/aromatic N) is 1. The molecule has 114 valence electrons. The van der Waals surface area contributed by atoms with Crippen LogP contribution in [0.1, 0.15) is 40.5 Å². The predicted molar refractivity (Wildman–Crippen MR) is 72.8 cm³/mol. The van der Waals surface area contributed by atoms with Gasteiger partial charge < -0.3 is 15.0 Å². The van der Waals surface area contributed by atoms with Crippen molar-refractivity contribution < 1.29 is 18.8 Å². The minimum absolute atomic E-state index is 0.149. The van der Waals surface area contributed by atoms with Crippen molar-refractivity contribution in [1.82, 2.24) is 10.2 Å². The molecule has 0 radical (unpaired) electrons. The van der Waals surface area contributed by atoms with Gasteiger partial charge in [-0.15, -0.1) is 0 Å². The zero-order chi connectivity index (χ0) is 15.6. The number of amides is 2. The molecule has 1 saturated heterocycles. The van der Waals surface area contributed by atoms with Gasteiger partial charge in [-0.1, -0.05) is 27.7 Å². The van der Waals surface area contributed by atoms with Crippen LogP contribution in [0.15, 0.2) is 0 Å². The molecule has 20 heavy (non-hydrogen) atoms. The third kappa shape index (κ3) is 2.99. The van der Waals surface area contributed by atoms with Gasteiger partial charge in [0, 0.05) is 13.0 Å². The predicted octanol–water partition coefficient (Wildman–Crippen LogP) is 1.07. The van der Waals surface area contributed by atoms with Gasteiger partial charge in [0.2, 0.25) is 12.3 Å². The first-order valence-corrected chi connectivity index (χ1v) is 6.85. The Balaban J connectivity index is 3.01. The molecule has 1 aliphatic rings. The molecule has 0 bridgehead atoms. The van der Waals surface area contributed by atoms with E-state index in [-0.39, 0.29) is 19.4 Å². The number of halogens is 1. The molecule has 0 spiro atoms. The van der Waals surface area contributed by atoms with Crippen LogP contribution in [-0.2, 0) is 14.4 Å². The number of hydrogen-bond donors (Lipinski definition) is 1. The number of alkyl halides is 1. The zero-order valence-corrected chi connectivity index (χ0v) is 12.5. The highest BCUT2D eigenvalue weighted by atomic mass is 19.1. The Kier molecular flexibility index (Phi) is 4.89. The molecular weight excluding hydrogens is 263 g/mol. The fourth-order valence-corrected chi connectivity index (χ4v) is 2.63. The lowest BCUT2D eigenvalue weighted by Gasteiger charge is -2.35. The number of hydrogen-bond acceptors (Lipinski definition) is 3. The molecule has 1 rings (SSSR count). The SMILES string of the molecule is CC[C@]1(F)CCN(C(=O)[C@@H](NC=O)C(C)(C)C)C1C=O. The van der Waals surface area contributed by atoms with Crippen molar-refractivity contribution in [2.24, 2.45) is 5.41 Å². The van der Waals surface area contributed by atoms with Gasteiger partial charge in [-0.25, -0.2) is 4.39 Å².